The number of rotatable bonds is 22. The molecule has 48 heavy (non-hydrogen) atoms. The third-order valence-corrected chi connectivity index (χ3v) is 8.72. The maximum Gasteiger partial charge on any atom is 0.240 e. The van der Waals surface area contributed by atoms with Crippen molar-refractivity contribution in [2.24, 2.45) is 28.9 Å². The van der Waals surface area contributed by atoms with Gasteiger partial charge in [0.1, 0.15) is 6.04 Å². The van der Waals surface area contributed by atoms with Crippen LogP contribution in [-0.2, 0) is 25.6 Å². The number of unbranched alkanes of at least 4 members (excludes halogenated alkanes) is 2. The van der Waals surface area contributed by atoms with E-state index in [0.717, 1.165) is 41.5 Å². The molecule has 0 heterocycles. The van der Waals surface area contributed by atoms with Crippen molar-refractivity contribution in [2.45, 2.75) is 109 Å². The number of aliphatic hydroxyl groups excluding tert-OH is 1. The summed E-state index contributed by atoms with van der Waals surface area (Å²) in [5.41, 5.74) is 26.3. The first kappa shape index (κ1) is 40.1. The van der Waals surface area contributed by atoms with Gasteiger partial charge >= 0.3 is 0 Å². The fraction of sp³-hybridized carbons (Fsp3) is 0.571. The van der Waals surface area contributed by atoms with Gasteiger partial charge in [0.05, 0.1) is 18.2 Å². The van der Waals surface area contributed by atoms with Gasteiger partial charge in [0, 0.05) is 25.3 Å². The number of carbonyl (C=O) groups is 4. The molecule has 266 valence electrons. The highest BCUT2D eigenvalue weighted by molar-refractivity contribution is 5.92. The second-order valence-corrected chi connectivity index (χ2v) is 12.7. The van der Waals surface area contributed by atoms with E-state index in [1.807, 2.05) is 44.2 Å². The Morgan fingerprint density at radius 2 is 1.60 bits per heavy atom. The first-order valence-corrected chi connectivity index (χ1v) is 16.9. The molecule has 13 N–H and O–H groups in total. The average molecular weight is 669 g/mol. The molecule has 13 nitrogen and oxygen atoms in total. The van der Waals surface area contributed by atoms with E-state index in [4.69, 9.17) is 28.3 Å². The van der Waals surface area contributed by atoms with Gasteiger partial charge in [-0.2, -0.15) is 0 Å². The van der Waals surface area contributed by atoms with E-state index in [9.17, 15) is 24.3 Å². The maximum absolute atomic E-state index is 13.8. The van der Waals surface area contributed by atoms with Gasteiger partial charge in [-0.25, -0.2) is 0 Å². The van der Waals surface area contributed by atoms with Crippen LogP contribution < -0.4 is 38.9 Å². The zero-order valence-electron chi connectivity index (χ0n) is 28.4. The molecule has 1 aromatic carbocycles. The molecular formula is C35H56N8O5. The molecule has 0 saturated carbocycles. The van der Waals surface area contributed by atoms with Gasteiger partial charge in [0.15, 0.2) is 11.7 Å². The van der Waals surface area contributed by atoms with Crippen molar-refractivity contribution < 1.29 is 24.3 Å². The van der Waals surface area contributed by atoms with E-state index in [1.165, 1.54) is 0 Å². The summed E-state index contributed by atoms with van der Waals surface area (Å²) < 4.78 is 0. The van der Waals surface area contributed by atoms with Crippen molar-refractivity contribution in [3.05, 3.63) is 58.7 Å². The minimum absolute atomic E-state index is 0.00926. The standard InChI is InChI=1S/C35H56N8O5/c1-22-18-26(44)19-23(2)27(22)21-29(42-34(48)28(37)13-9-17-41-35(39)40)31(45)15-14-25(12-7-4-8-16-36)33(47)43-30(32(38)46)20-24-10-5-3-6-11-24/h3,5-6,10-11,18,25-26,28-30,44H,4,7-9,12-17,19-21,36-37H2,1-2H3,(H2,38,46)(H,42,48)(H,43,47)(H4,39,40,41)/t25-,26?,28-,29+,30+/m1/s1. The molecule has 1 unspecified atom stereocenters. The summed E-state index contributed by atoms with van der Waals surface area (Å²) in [6, 6.07) is 6.57. The van der Waals surface area contributed by atoms with Crippen LogP contribution in [0.1, 0.15) is 83.6 Å². The molecule has 1 aliphatic rings. The molecule has 1 aliphatic carbocycles. The second kappa shape index (κ2) is 21.0. The largest absolute Gasteiger partial charge is 0.389 e. The summed E-state index contributed by atoms with van der Waals surface area (Å²) in [6.45, 7) is 4.68. The Kier molecular flexibility index (Phi) is 17.6. The number of allylic oxidation sites excluding steroid dienone is 1. The predicted octanol–water partition coefficient (Wildman–Crippen LogP) is 1.18. The number of amides is 3. The number of benzene rings is 1. The number of guanidine groups is 1. The van der Waals surface area contributed by atoms with Crippen LogP contribution in [0.25, 0.3) is 0 Å². The number of ketones is 1. The highest BCUT2D eigenvalue weighted by Crippen LogP contribution is 2.29. The number of primary amides is 1. The lowest BCUT2D eigenvalue weighted by atomic mass is 9.85. The predicted molar refractivity (Wildman–Crippen MR) is 187 cm³/mol. The van der Waals surface area contributed by atoms with E-state index in [-0.39, 0.29) is 43.3 Å². The van der Waals surface area contributed by atoms with Gasteiger partial charge < -0.3 is 44.0 Å². The third kappa shape index (κ3) is 14.4. The molecule has 13 heteroatoms. The Bertz CT molecular complexity index is 1300. The highest BCUT2D eigenvalue weighted by atomic mass is 16.3. The quantitative estimate of drug-likeness (QED) is 0.0488. The monoisotopic (exact) mass is 668 g/mol. The Labute approximate surface area is 284 Å². The maximum atomic E-state index is 13.8. The summed E-state index contributed by atoms with van der Waals surface area (Å²) in [5, 5.41) is 25.8. The summed E-state index contributed by atoms with van der Waals surface area (Å²) >= 11 is 0. The number of Topliss-reactive ketones (excluding diaryl/α,β-unsaturated/α-hetero) is 1. The molecule has 5 atom stereocenters. The van der Waals surface area contributed by atoms with Crippen molar-refractivity contribution in [1.29, 1.82) is 5.41 Å². The van der Waals surface area contributed by atoms with Crippen LogP contribution in [-0.4, -0.2) is 71.9 Å². The average Bonchev–Trinajstić information content (AvgIpc) is 3.03. The molecule has 0 aromatic heterocycles. The van der Waals surface area contributed by atoms with E-state index < -0.39 is 42.0 Å². The van der Waals surface area contributed by atoms with Crippen molar-refractivity contribution >= 4 is 29.5 Å². The highest BCUT2D eigenvalue weighted by Gasteiger charge is 2.30. The van der Waals surface area contributed by atoms with Gasteiger partial charge in [-0.1, -0.05) is 54.8 Å². The SMILES string of the molecule is CC1=CC(O)CC(C)=C1C[C@H](NC(=O)[C@H](N)CCCNC(=N)N)C(=O)CC[C@@H](CCCCCN)C(=O)N[C@@H](Cc1ccccc1)C(N)=O. The van der Waals surface area contributed by atoms with Crippen LogP contribution in [0.15, 0.2) is 53.1 Å². The van der Waals surface area contributed by atoms with Crippen LogP contribution in [0.3, 0.4) is 0 Å². The fourth-order valence-electron chi connectivity index (χ4n) is 5.93. The molecule has 0 radical (unpaired) electrons. The van der Waals surface area contributed by atoms with E-state index in [2.05, 4.69) is 16.0 Å². The molecule has 1 aromatic rings. The minimum Gasteiger partial charge on any atom is -0.389 e. The van der Waals surface area contributed by atoms with E-state index >= 15 is 0 Å². The molecular weight excluding hydrogens is 612 g/mol. The zero-order chi connectivity index (χ0) is 35.6. The lowest BCUT2D eigenvalue weighted by Gasteiger charge is -2.27. The minimum atomic E-state index is -0.910. The normalized spacial score (nSPS) is 17.0. The Balaban J connectivity index is 2.20. The number of carbonyl (C=O) groups excluding carboxylic acids is 4. The number of nitrogens with two attached hydrogens (primary N) is 4. The van der Waals surface area contributed by atoms with Gasteiger partial charge in [0.2, 0.25) is 17.7 Å². The third-order valence-electron chi connectivity index (χ3n) is 8.72. The summed E-state index contributed by atoms with van der Waals surface area (Å²) in [5.74, 6) is -2.46. The van der Waals surface area contributed by atoms with Crippen molar-refractivity contribution in [1.82, 2.24) is 16.0 Å². The number of hydrogen-bond acceptors (Lipinski definition) is 8. The first-order valence-electron chi connectivity index (χ1n) is 16.9. The molecule has 0 aliphatic heterocycles. The lowest BCUT2D eigenvalue weighted by molar-refractivity contribution is -0.131. The van der Waals surface area contributed by atoms with Crippen LogP contribution in [0.5, 0.6) is 0 Å². The molecule has 0 bridgehead atoms. The number of nitrogens with one attached hydrogen (secondary N) is 4. The van der Waals surface area contributed by atoms with Crippen molar-refractivity contribution in [2.75, 3.05) is 13.1 Å². The molecule has 0 saturated heterocycles. The smallest absolute Gasteiger partial charge is 0.240 e. The van der Waals surface area contributed by atoms with Gasteiger partial charge in [-0.05, 0) is 82.0 Å². The van der Waals surface area contributed by atoms with Crippen LogP contribution in [0.4, 0.5) is 0 Å². The number of aliphatic hydroxyl groups is 1. The second-order valence-electron chi connectivity index (χ2n) is 12.7. The van der Waals surface area contributed by atoms with Crippen LogP contribution in [0, 0.1) is 11.3 Å². The Morgan fingerprint density at radius 3 is 2.23 bits per heavy atom. The topological polar surface area (TPSA) is 253 Å². The summed E-state index contributed by atoms with van der Waals surface area (Å²) in [6.07, 6.45) is 5.90. The van der Waals surface area contributed by atoms with Crippen LogP contribution in [0.2, 0.25) is 0 Å². The molecule has 3 amide bonds. The zero-order valence-corrected chi connectivity index (χ0v) is 28.4. The first-order chi connectivity index (χ1) is 22.8. The van der Waals surface area contributed by atoms with Gasteiger partial charge in [0.25, 0.3) is 0 Å². The van der Waals surface area contributed by atoms with Crippen molar-refractivity contribution in [3.8, 4) is 0 Å². The lowest BCUT2D eigenvalue weighted by Crippen LogP contribution is -2.49. The van der Waals surface area contributed by atoms with E-state index in [0.29, 0.717) is 38.8 Å². The van der Waals surface area contributed by atoms with E-state index in [1.54, 1.807) is 6.08 Å². The van der Waals surface area contributed by atoms with Crippen LogP contribution >= 0.6 is 0 Å². The molecule has 2 rings (SSSR count). The fourth-order valence-corrected chi connectivity index (χ4v) is 5.93. The van der Waals surface area contributed by atoms with Gasteiger partial charge in [-0.15, -0.1) is 0 Å². The Morgan fingerprint density at radius 1 is 0.917 bits per heavy atom. The Hall–Kier alpha value is -4.07. The van der Waals surface area contributed by atoms with Gasteiger partial charge in [-0.3, -0.25) is 24.6 Å². The van der Waals surface area contributed by atoms with Crippen molar-refractivity contribution in [3.63, 3.8) is 0 Å². The molecule has 0 fully saturated rings. The summed E-state index contributed by atoms with van der Waals surface area (Å²) in [7, 11) is 0. The summed E-state index contributed by atoms with van der Waals surface area (Å²) in [4.78, 5) is 52.9. The molecule has 0 spiro atoms. The number of hydrogen-bond donors (Lipinski definition) is 9.